The molecule has 0 spiro atoms. The van der Waals surface area contributed by atoms with E-state index in [0.717, 1.165) is 6.42 Å². The normalized spacial score (nSPS) is 36.8. The van der Waals surface area contributed by atoms with Crippen LogP contribution in [0.3, 0.4) is 0 Å². The molecule has 1 fully saturated rings. The van der Waals surface area contributed by atoms with Gasteiger partial charge in [-0.15, -0.1) is 11.8 Å². The lowest BCUT2D eigenvalue weighted by atomic mass is 9.73. The van der Waals surface area contributed by atoms with E-state index in [4.69, 9.17) is 4.74 Å². The van der Waals surface area contributed by atoms with Gasteiger partial charge in [-0.25, -0.2) is 0 Å². The number of ether oxygens (including phenoxy) is 1. The van der Waals surface area contributed by atoms with Crippen molar-refractivity contribution in [3.63, 3.8) is 0 Å². The fourth-order valence-electron chi connectivity index (χ4n) is 3.22. The van der Waals surface area contributed by atoms with Crippen LogP contribution in [0.5, 0.6) is 0 Å². The molecule has 0 N–H and O–H groups in total. The first-order chi connectivity index (χ1) is 7.45. The van der Waals surface area contributed by atoms with Crippen molar-refractivity contribution in [1.82, 2.24) is 0 Å². The fraction of sp³-hybridized carbons (Fsp3) is 0.769. The molecule has 2 bridgehead atoms. The van der Waals surface area contributed by atoms with E-state index in [1.165, 1.54) is 6.92 Å². The standard InChI is InChI=1S/C13H20O2S/c1-5-9-10-6-7-11(16-10)12(9)13(3,4)15-8(2)14/h6-7,9-12H,5H2,1-4H3. The number of thioether (sulfide) groups is 1. The molecule has 0 aromatic rings. The molecule has 16 heavy (non-hydrogen) atoms. The molecular weight excluding hydrogens is 220 g/mol. The van der Waals surface area contributed by atoms with Gasteiger partial charge in [-0.05, 0) is 19.8 Å². The second-order valence-electron chi connectivity index (χ2n) is 5.25. The largest absolute Gasteiger partial charge is 0.459 e. The van der Waals surface area contributed by atoms with E-state index in [0.29, 0.717) is 22.3 Å². The Labute approximate surface area is 102 Å². The summed E-state index contributed by atoms with van der Waals surface area (Å²) < 4.78 is 5.52. The van der Waals surface area contributed by atoms with Crippen LogP contribution in [0.1, 0.15) is 34.1 Å². The van der Waals surface area contributed by atoms with Crippen molar-refractivity contribution in [2.75, 3.05) is 0 Å². The second kappa shape index (κ2) is 4.10. The summed E-state index contributed by atoms with van der Waals surface area (Å²) in [7, 11) is 0. The molecule has 0 aliphatic carbocycles. The highest BCUT2D eigenvalue weighted by Crippen LogP contribution is 2.54. The van der Waals surface area contributed by atoms with Crippen LogP contribution in [-0.4, -0.2) is 22.1 Å². The number of esters is 1. The molecule has 0 aromatic carbocycles. The Balaban J connectivity index is 2.19. The van der Waals surface area contributed by atoms with E-state index in [1.54, 1.807) is 0 Å². The number of rotatable bonds is 3. The molecule has 0 saturated carbocycles. The molecule has 0 amide bonds. The molecule has 1 saturated heterocycles. The van der Waals surface area contributed by atoms with Gasteiger partial charge in [-0.2, -0.15) is 0 Å². The summed E-state index contributed by atoms with van der Waals surface area (Å²) >= 11 is 2.02. The van der Waals surface area contributed by atoms with Gasteiger partial charge in [0, 0.05) is 23.3 Å². The minimum atomic E-state index is -0.344. The minimum absolute atomic E-state index is 0.170. The van der Waals surface area contributed by atoms with Gasteiger partial charge in [0.25, 0.3) is 0 Å². The summed E-state index contributed by atoms with van der Waals surface area (Å²) in [4.78, 5) is 11.2. The van der Waals surface area contributed by atoms with Crippen LogP contribution in [0, 0.1) is 11.8 Å². The third-order valence-corrected chi connectivity index (χ3v) is 5.31. The lowest BCUT2D eigenvalue weighted by Crippen LogP contribution is -2.44. The molecule has 3 heteroatoms. The third kappa shape index (κ3) is 1.90. The number of fused-ring (bicyclic) bond motifs is 2. The van der Waals surface area contributed by atoms with Crippen molar-refractivity contribution in [2.24, 2.45) is 11.8 Å². The first-order valence-corrected chi connectivity index (χ1v) is 6.93. The predicted molar refractivity (Wildman–Crippen MR) is 67.4 cm³/mol. The maximum Gasteiger partial charge on any atom is 0.303 e. The first kappa shape index (κ1) is 12.0. The van der Waals surface area contributed by atoms with Crippen molar-refractivity contribution >= 4 is 17.7 Å². The van der Waals surface area contributed by atoms with Crippen LogP contribution in [0.25, 0.3) is 0 Å². The topological polar surface area (TPSA) is 26.3 Å². The van der Waals surface area contributed by atoms with Gasteiger partial charge in [0.15, 0.2) is 0 Å². The highest BCUT2D eigenvalue weighted by Gasteiger charge is 2.52. The van der Waals surface area contributed by atoms with Crippen molar-refractivity contribution in [3.8, 4) is 0 Å². The Morgan fingerprint density at radius 2 is 2.00 bits per heavy atom. The fourth-order valence-corrected chi connectivity index (χ4v) is 5.21. The molecular formula is C13H20O2S. The monoisotopic (exact) mass is 240 g/mol. The molecule has 0 radical (unpaired) electrons. The van der Waals surface area contributed by atoms with E-state index >= 15 is 0 Å². The van der Waals surface area contributed by atoms with Crippen LogP contribution in [0.4, 0.5) is 0 Å². The molecule has 2 nitrogen and oxygen atoms in total. The number of hydrogen-bond acceptors (Lipinski definition) is 3. The third-order valence-electron chi connectivity index (χ3n) is 3.72. The van der Waals surface area contributed by atoms with Gasteiger partial charge in [0.1, 0.15) is 5.60 Å². The van der Waals surface area contributed by atoms with Crippen LogP contribution < -0.4 is 0 Å². The lowest BCUT2D eigenvalue weighted by molar-refractivity contribution is -0.160. The number of carbonyl (C=O) groups excluding carboxylic acids is 1. The Morgan fingerprint density at radius 3 is 2.56 bits per heavy atom. The highest BCUT2D eigenvalue weighted by atomic mass is 32.2. The Morgan fingerprint density at radius 1 is 1.38 bits per heavy atom. The van der Waals surface area contributed by atoms with Gasteiger partial charge in [-0.3, -0.25) is 4.79 Å². The Bertz CT molecular complexity index is 322. The van der Waals surface area contributed by atoms with Crippen LogP contribution in [0.2, 0.25) is 0 Å². The summed E-state index contributed by atoms with van der Waals surface area (Å²) in [5.41, 5.74) is -0.344. The summed E-state index contributed by atoms with van der Waals surface area (Å²) in [5, 5.41) is 1.17. The number of hydrogen-bond donors (Lipinski definition) is 0. The lowest BCUT2D eigenvalue weighted by Gasteiger charge is -2.38. The smallest absolute Gasteiger partial charge is 0.303 e. The summed E-state index contributed by atoms with van der Waals surface area (Å²) in [5.74, 6) is 0.937. The second-order valence-corrected chi connectivity index (χ2v) is 6.61. The van der Waals surface area contributed by atoms with E-state index in [1.807, 2.05) is 11.8 Å². The molecule has 2 aliphatic heterocycles. The predicted octanol–water partition coefficient (Wildman–Crippen LogP) is 3.02. The zero-order chi connectivity index (χ0) is 11.9. The van der Waals surface area contributed by atoms with Gasteiger partial charge in [-0.1, -0.05) is 25.5 Å². The van der Waals surface area contributed by atoms with Gasteiger partial charge in [0.05, 0.1) is 0 Å². The van der Waals surface area contributed by atoms with Gasteiger partial charge in [0.2, 0.25) is 0 Å². The molecule has 0 aromatic heterocycles. The minimum Gasteiger partial charge on any atom is -0.459 e. The first-order valence-electron chi connectivity index (χ1n) is 5.99. The maximum atomic E-state index is 11.2. The van der Waals surface area contributed by atoms with Crippen LogP contribution >= 0.6 is 11.8 Å². The Kier molecular flexibility index (Phi) is 3.08. The Hall–Kier alpha value is -0.440. The van der Waals surface area contributed by atoms with Crippen molar-refractivity contribution in [3.05, 3.63) is 12.2 Å². The molecule has 90 valence electrons. The molecule has 2 aliphatic rings. The van der Waals surface area contributed by atoms with Gasteiger partial charge >= 0.3 is 5.97 Å². The SMILES string of the molecule is CCC1C2C=CC(S2)C1C(C)(C)OC(C)=O. The van der Waals surface area contributed by atoms with Gasteiger partial charge < -0.3 is 4.74 Å². The molecule has 2 rings (SSSR count). The zero-order valence-electron chi connectivity index (χ0n) is 10.4. The van der Waals surface area contributed by atoms with E-state index in [9.17, 15) is 4.79 Å². The van der Waals surface area contributed by atoms with Crippen molar-refractivity contribution < 1.29 is 9.53 Å². The number of carbonyl (C=O) groups is 1. The maximum absolute atomic E-state index is 11.2. The quantitative estimate of drug-likeness (QED) is 0.560. The van der Waals surface area contributed by atoms with E-state index in [2.05, 4.69) is 32.9 Å². The van der Waals surface area contributed by atoms with E-state index in [-0.39, 0.29) is 11.6 Å². The van der Waals surface area contributed by atoms with E-state index < -0.39 is 0 Å². The van der Waals surface area contributed by atoms with Crippen molar-refractivity contribution in [1.29, 1.82) is 0 Å². The van der Waals surface area contributed by atoms with Crippen molar-refractivity contribution in [2.45, 2.75) is 50.2 Å². The van der Waals surface area contributed by atoms with Crippen LogP contribution in [-0.2, 0) is 9.53 Å². The summed E-state index contributed by atoms with van der Waals surface area (Å²) in [6.45, 7) is 7.84. The molecule has 4 atom stereocenters. The summed E-state index contributed by atoms with van der Waals surface area (Å²) in [6, 6.07) is 0. The molecule has 2 heterocycles. The summed E-state index contributed by atoms with van der Waals surface area (Å²) in [6.07, 6.45) is 5.77. The van der Waals surface area contributed by atoms with Crippen LogP contribution in [0.15, 0.2) is 12.2 Å². The average molecular weight is 240 g/mol. The zero-order valence-corrected chi connectivity index (χ0v) is 11.2. The average Bonchev–Trinajstić information content (AvgIpc) is 2.73. The highest BCUT2D eigenvalue weighted by molar-refractivity contribution is 8.01. The molecule has 4 unspecified atom stereocenters.